The molecule has 1 aromatic rings. The average molecular weight is 238 g/mol. The minimum absolute atomic E-state index is 0.465. The summed E-state index contributed by atoms with van der Waals surface area (Å²) in [5.41, 5.74) is 3.28. The first-order valence-electron chi connectivity index (χ1n) is 6.95. The number of nitrogens with one attached hydrogen (secondary N) is 1. The fraction of sp³-hybridized carbons (Fsp3) is 0.846. The molecule has 17 heavy (non-hydrogen) atoms. The van der Waals surface area contributed by atoms with E-state index in [-0.39, 0.29) is 0 Å². The smallest absolute Gasteiger partial charge is 0.0715 e. The van der Waals surface area contributed by atoms with Crippen LogP contribution in [0, 0.1) is 0 Å². The highest BCUT2D eigenvalue weighted by atomic mass is 15.6. The molecule has 0 saturated carbocycles. The van der Waals surface area contributed by atoms with Crippen LogP contribution in [0.2, 0.25) is 0 Å². The van der Waals surface area contributed by atoms with E-state index in [9.17, 15) is 0 Å². The zero-order chi connectivity index (χ0) is 12.3. The van der Waals surface area contributed by atoms with E-state index in [2.05, 4.69) is 29.6 Å². The largest absolute Gasteiger partial charge is 0.306 e. The van der Waals surface area contributed by atoms with E-state index < -0.39 is 0 Å². The molecule has 0 radical (unpaired) electrons. The van der Waals surface area contributed by atoms with Crippen LogP contribution in [0.15, 0.2) is 12.4 Å². The number of rotatable bonds is 10. The molecule has 0 aliphatic rings. The minimum Gasteiger partial charge on any atom is -0.306 e. The van der Waals surface area contributed by atoms with Gasteiger partial charge in [-0.3, -0.25) is 0 Å². The van der Waals surface area contributed by atoms with Gasteiger partial charge in [0.2, 0.25) is 0 Å². The summed E-state index contributed by atoms with van der Waals surface area (Å²) in [6, 6.07) is 0.465. The lowest BCUT2D eigenvalue weighted by atomic mass is 10.1. The molecule has 0 spiro atoms. The van der Waals surface area contributed by atoms with Gasteiger partial charge in [0.15, 0.2) is 0 Å². The number of nitrogens with zero attached hydrogens (tertiary/aromatic N) is 3. The molecule has 1 heterocycles. The van der Waals surface area contributed by atoms with Gasteiger partial charge < -0.3 is 5.43 Å². The highest BCUT2D eigenvalue weighted by Gasteiger charge is 2.01. The Hall–Kier alpha value is -1.06. The van der Waals surface area contributed by atoms with Gasteiger partial charge in [-0.25, -0.2) is 0 Å². The fourth-order valence-corrected chi connectivity index (χ4v) is 1.98. The van der Waals surface area contributed by atoms with Gasteiger partial charge in [-0.2, -0.15) is 4.79 Å². The van der Waals surface area contributed by atoms with Gasteiger partial charge in [0.25, 0.3) is 0 Å². The topological polar surface area (TPSA) is 42.7 Å². The predicted molar refractivity (Wildman–Crippen MR) is 71.5 cm³/mol. The van der Waals surface area contributed by atoms with E-state index in [1.807, 2.05) is 6.20 Å². The van der Waals surface area contributed by atoms with Crippen LogP contribution >= 0.6 is 0 Å². The molecule has 0 aliphatic carbocycles. The molecule has 4 nitrogen and oxygen atoms in total. The van der Waals surface area contributed by atoms with Crippen LogP contribution in [0.5, 0.6) is 0 Å². The average Bonchev–Trinajstić information content (AvgIpc) is 2.80. The van der Waals surface area contributed by atoms with Crippen LogP contribution in [0.1, 0.15) is 65.2 Å². The third kappa shape index (κ3) is 6.97. The van der Waals surface area contributed by atoms with Crippen molar-refractivity contribution in [3.8, 4) is 0 Å². The maximum atomic E-state index is 3.89. The maximum Gasteiger partial charge on any atom is 0.0715 e. The van der Waals surface area contributed by atoms with Gasteiger partial charge in [0.05, 0.1) is 12.4 Å². The van der Waals surface area contributed by atoms with Gasteiger partial charge in [-0.1, -0.05) is 51.9 Å². The zero-order valence-corrected chi connectivity index (χ0v) is 11.2. The van der Waals surface area contributed by atoms with Crippen LogP contribution in [0.4, 0.5) is 0 Å². The van der Waals surface area contributed by atoms with E-state index in [1.54, 1.807) is 11.0 Å². The van der Waals surface area contributed by atoms with Crippen LogP contribution in [-0.4, -0.2) is 21.1 Å². The number of hydrogen-bond donors (Lipinski definition) is 1. The molecule has 1 aromatic heterocycles. The summed E-state index contributed by atoms with van der Waals surface area (Å²) in [6.45, 7) is 4.45. The molecule has 0 amide bonds. The maximum absolute atomic E-state index is 3.89. The Balaban J connectivity index is 1.92. The quantitative estimate of drug-likeness (QED) is 0.636. The van der Waals surface area contributed by atoms with Crippen molar-refractivity contribution in [2.45, 2.75) is 71.3 Å². The Bertz CT molecular complexity index is 258. The van der Waals surface area contributed by atoms with Crippen molar-refractivity contribution >= 4 is 0 Å². The fourth-order valence-electron chi connectivity index (χ4n) is 1.98. The summed E-state index contributed by atoms with van der Waals surface area (Å²) in [7, 11) is 0. The molecule has 1 N–H and O–H groups in total. The van der Waals surface area contributed by atoms with Crippen molar-refractivity contribution in [3.05, 3.63) is 12.4 Å². The van der Waals surface area contributed by atoms with Gasteiger partial charge in [-0.15, -0.1) is 5.10 Å². The molecule has 1 unspecified atom stereocenters. The van der Waals surface area contributed by atoms with Gasteiger partial charge in [-0.05, 0) is 18.6 Å². The Morgan fingerprint density at radius 2 is 1.82 bits per heavy atom. The molecule has 0 aliphatic heterocycles. The molecule has 1 rings (SSSR count). The highest BCUT2D eigenvalue weighted by Crippen LogP contribution is 2.09. The molecule has 4 heteroatoms. The third-order valence-corrected chi connectivity index (χ3v) is 3.02. The molecule has 0 saturated heterocycles. The highest BCUT2D eigenvalue weighted by molar-refractivity contribution is 4.77. The van der Waals surface area contributed by atoms with Gasteiger partial charge in [0.1, 0.15) is 0 Å². The molecular weight excluding hydrogens is 212 g/mol. The van der Waals surface area contributed by atoms with Crippen molar-refractivity contribution in [3.63, 3.8) is 0 Å². The van der Waals surface area contributed by atoms with E-state index in [0.29, 0.717) is 6.04 Å². The van der Waals surface area contributed by atoms with Crippen LogP contribution < -0.4 is 5.43 Å². The summed E-state index contributed by atoms with van der Waals surface area (Å²) < 4.78 is 0. The van der Waals surface area contributed by atoms with Crippen molar-refractivity contribution in [1.82, 2.24) is 15.1 Å². The number of unbranched alkanes of at least 4 members (excludes halogenated alkanes) is 6. The normalized spacial score (nSPS) is 12.6. The standard InChI is InChI=1S/C13H26N4/c1-3-4-5-6-7-8-9-10-13(2)15-17-12-11-14-16-17/h11-13,15H,3-10H2,1-2H3. The predicted octanol–water partition coefficient (Wildman–Crippen LogP) is 3.35. The Kier molecular flexibility index (Phi) is 7.43. The summed E-state index contributed by atoms with van der Waals surface area (Å²) in [4.78, 5) is 1.69. The number of hydrogen-bond acceptors (Lipinski definition) is 3. The number of aromatic nitrogens is 3. The van der Waals surface area contributed by atoms with Crippen LogP contribution in [0.3, 0.4) is 0 Å². The van der Waals surface area contributed by atoms with Crippen LogP contribution in [-0.2, 0) is 0 Å². The summed E-state index contributed by atoms with van der Waals surface area (Å²) in [5, 5.41) is 7.65. The van der Waals surface area contributed by atoms with E-state index >= 15 is 0 Å². The lowest BCUT2D eigenvalue weighted by Crippen LogP contribution is -2.25. The summed E-state index contributed by atoms with van der Waals surface area (Å²) in [6.07, 6.45) is 14.3. The molecule has 0 aromatic carbocycles. The molecule has 98 valence electrons. The SMILES string of the molecule is CCCCCCCCCC(C)Nn1ccnn1. The van der Waals surface area contributed by atoms with E-state index in [1.165, 1.54) is 51.4 Å². The van der Waals surface area contributed by atoms with Crippen molar-refractivity contribution in [1.29, 1.82) is 0 Å². The van der Waals surface area contributed by atoms with E-state index in [0.717, 1.165) is 0 Å². The first-order valence-corrected chi connectivity index (χ1v) is 6.95. The Labute approximate surface area is 105 Å². The van der Waals surface area contributed by atoms with Crippen molar-refractivity contribution in [2.24, 2.45) is 0 Å². The summed E-state index contributed by atoms with van der Waals surface area (Å²) in [5.74, 6) is 0. The summed E-state index contributed by atoms with van der Waals surface area (Å²) >= 11 is 0. The Morgan fingerprint density at radius 3 is 2.47 bits per heavy atom. The Morgan fingerprint density at radius 1 is 1.12 bits per heavy atom. The first-order chi connectivity index (χ1) is 8.33. The van der Waals surface area contributed by atoms with E-state index in [4.69, 9.17) is 0 Å². The lowest BCUT2D eigenvalue weighted by molar-refractivity contribution is 0.527. The van der Waals surface area contributed by atoms with Gasteiger partial charge in [0, 0.05) is 6.04 Å². The minimum atomic E-state index is 0.465. The van der Waals surface area contributed by atoms with Crippen LogP contribution in [0.25, 0.3) is 0 Å². The lowest BCUT2D eigenvalue weighted by Gasteiger charge is -2.13. The second kappa shape index (κ2) is 9.02. The second-order valence-corrected chi connectivity index (χ2v) is 4.79. The van der Waals surface area contributed by atoms with Gasteiger partial charge >= 0.3 is 0 Å². The third-order valence-electron chi connectivity index (χ3n) is 3.02. The monoisotopic (exact) mass is 238 g/mol. The molecular formula is C13H26N4. The zero-order valence-electron chi connectivity index (χ0n) is 11.2. The molecule has 1 atom stereocenters. The van der Waals surface area contributed by atoms with Crippen molar-refractivity contribution < 1.29 is 0 Å². The first kappa shape index (κ1) is 14.0. The van der Waals surface area contributed by atoms with Crippen molar-refractivity contribution in [2.75, 3.05) is 5.43 Å². The molecule has 0 fully saturated rings. The second-order valence-electron chi connectivity index (χ2n) is 4.79. The molecule has 0 bridgehead atoms.